The minimum atomic E-state index is 0.466. The predicted molar refractivity (Wildman–Crippen MR) is 106 cm³/mol. The third kappa shape index (κ3) is 5.11. The maximum atomic E-state index is 4.87. The van der Waals surface area contributed by atoms with Crippen molar-refractivity contribution in [2.45, 2.75) is 32.7 Å². The lowest BCUT2D eigenvalue weighted by atomic mass is 10.1. The van der Waals surface area contributed by atoms with Crippen molar-refractivity contribution in [1.82, 2.24) is 15.5 Å². The molecule has 2 atom stereocenters. The number of nitrogens with zero attached hydrogens (tertiary/aromatic N) is 3. The molecule has 0 aliphatic carbocycles. The van der Waals surface area contributed by atoms with E-state index in [-0.39, 0.29) is 0 Å². The minimum Gasteiger partial charge on any atom is -0.369 e. The molecule has 2 unspecified atom stereocenters. The van der Waals surface area contributed by atoms with Gasteiger partial charge in [-0.05, 0) is 50.9 Å². The number of hydrogen-bond donors (Lipinski definition) is 2. The Morgan fingerprint density at radius 1 is 1.12 bits per heavy atom. The largest absolute Gasteiger partial charge is 0.369 e. The summed E-state index contributed by atoms with van der Waals surface area (Å²) in [6, 6.07) is 11.2. The van der Waals surface area contributed by atoms with Gasteiger partial charge in [0.2, 0.25) is 0 Å². The maximum absolute atomic E-state index is 4.87. The molecule has 0 spiro atoms. The van der Waals surface area contributed by atoms with Crippen molar-refractivity contribution in [2.24, 2.45) is 10.9 Å². The first kappa shape index (κ1) is 18.1. The summed E-state index contributed by atoms with van der Waals surface area (Å²) in [5, 5.41) is 7.07. The van der Waals surface area contributed by atoms with Crippen LogP contribution in [0, 0.1) is 5.92 Å². The fourth-order valence-electron chi connectivity index (χ4n) is 3.83. The van der Waals surface area contributed by atoms with Gasteiger partial charge in [0.15, 0.2) is 5.96 Å². The van der Waals surface area contributed by atoms with E-state index in [4.69, 9.17) is 4.99 Å². The summed E-state index contributed by atoms with van der Waals surface area (Å²) in [4.78, 5) is 9.85. The lowest BCUT2D eigenvalue weighted by Crippen LogP contribution is -2.45. The number of likely N-dealkylation sites (tertiary alicyclic amines) is 1. The molecule has 1 aromatic rings. The van der Waals surface area contributed by atoms with E-state index in [2.05, 4.69) is 64.6 Å². The van der Waals surface area contributed by atoms with Gasteiger partial charge in [-0.25, -0.2) is 0 Å². The highest BCUT2D eigenvalue weighted by molar-refractivity contribution is 5.80. The van der Waals surface area contributed by atoms with E-state index >= 15 is 0 Å². The molecular weight excluding hydrogens is 310 g/mol. The van der Waals surface area contributed by atoms with Crippen molar-refractivity contribution < 1.29 is 0 Å². The molecule has 2 heterocycles. The summed E-state index contributed by atoms with van der Waals surface area (Å²) < 4.78 is 0. The minimum absolute atomic E-state index is 0.466. The smallest absolute Gasteiger partial charge is 0.191 e. The molecule has 138 valence electrons. The summed E-state index contributed by atoms with van der Waals surface area (Å²) in [6.07, 6.45) is 2.44. The van der Waals surface area contributed by atoms with Gasteiger partial charge in [-0.1, -0.05) is 25.1 Å². The average molecular weight is 344 g/mol. The Morgan fingerprint density at radius 3 is 2.68 bits per heavy atom. The molecule has 0 aromatic heterocycles. The summed E-state index contributed by atoms with van der Waals surface area (Å²) in [7, 11) is 0. The van der Waals surface area contributed by atoms with E-state index in [1.807, 2.05) is 0 Å². The van der Waals surface area contributed by atoms with E-state index in [0.717, 1.165) is 45.1 Å². The second-order valence-corrected chi connectivity index (χ2v) is 7.18. The van der Waals surface area contributed by atoms with Crippen molar-refractivity contribution in [1.29, 1.82) is 0 Å². The number of benzene rings is 1. The second kappa shape index (κ2) is 9.09. The molecule has 2 aliphatic rings. The first-order chi connectivity index (χ1) is 12.3. The highest BCUT2D eigenvalue weighted by atomic mass is 15.2. The van der Waals surface area contributed by atoms with E-state index < -0.39 is 0 Å². The van der Waals surface area contributed by atoms with Crippen LogP contribution in [0.25, 0.3) is 0 Å². The second-order valence-electron chi connectivity index (χ2n) is 7.18. The fourth-order valence-corrected chi connectivity index (χ4v) is 3.83. The average Bonchev–Trinajstić information content (AvgIpc) is 3.30. The molecule has 2 fully saturated rings. The first-order valence-corrected chi connectivity index (χ1v) is 9.85. The van der Waals surface area contributed by atoms with E-state index in [1.165, 1.54) is 25.2 Å². The van der Waals surface area contributed by atoms with Crippen LogP contribution in [-0.4, -0.2) is 62.7 Å². The lowest BCUT2D eigenvalue weighted by Gasteiger charge is -2.20. The van der Waals surface area contributed by atoms with Crippen LogP contribution in [0.3, 0.4) is 0 Å². The molecule has 0 bridgehead atoms. The lowest BCUT2D eigenvalue weighted by molar-refractivity contribution is 0.343. The van der Waals surface area contributed by atoms with Gasteiger partial charge in [0, 0.05) is 44.5 Å². The van der Waals surface area contributed by atoms with Crippen molar-refractivity contribution in [3.8, 4) is 0 Å². The molecule has 0 radical (unpaired) electrons. The van der Waals surface area contributed by atoms with Crippen LogP contribution in [-0.2, 0) is 0 Å². The summed E-state index contributed by atoms with van der Waals surface area (Å²) in [5.41, 5.74) is 1.32. The van der Waals surface area contributed by atoms with Crippen LogP contribution in [0.1, 0.15) is 26.7 Å². The molecule has 2 N–H and O–H groups in total. The Kier molecular flexibility index (Phi) is 6.56. The normalized spacial score (nSPS) is 24.7. The standard InChI is InChI=1S/C20H33N5/c1-3-21-20(22-14-17-10-12-24(4-2)15-17)23-18-11-13-25(16-18)19-8-6-5-7-9-19/h5-9,17-18H,3-4,10-16H2,1-2H3,(H2,21,22,23). The van der Waals surface area contributed by atoms with Gasteiger partial charge in [-0.3, -0.25) is 4.99 Å². The van der Waals surface area contributed by atoms with E-state index in [9.17, 15) is 0 Å². The van der Waals surface area contributed by atoms with Crippen molar-refractivity contribution in [3.63, 3.8) is 0 Å². The SMILES string of the molecule is CCNC(=NCC1CCN(CC)C1)NC1CCN(c2ccccc2)C1. The van der Waals surface area contributed by atoms with Gasteiger partial charge in [-0.15, -0.1) is 0 Å². The summed E-state index contributed by atoms with van der Waals surface area (Å²) >= 11 is 0. The zero-order chi connectivity index (χ0) is 17.5. The third-order valence-electron chi connectivity index (χ3n) is 5.32. The quantitative estimate of drug-likeness (QED) is 0.614. The molecule has 2 saturated heterocycles. The summed E-state index contributed by atoms with van der Waals surface area (Å²) in [5.74, 6) is 1.69. The number of anilines is 1. The predicted octanol–water partition coefficient (Wildman–Crippen LogP) is 2.16. The first-order valence-electron chi connectivity index (χ1n) is 9.85. The number of para-hydroxylation sites is 1. The topological polar surface area (TPSA) is 42.9 Å². The number of guanidine groups is 1. The molecule has 2 aliphatic heterocycles. The van der Waals surface area contributed by atoms with Crippen molar-refractivity contribution in [3.05, 3.63) is 30.3 Å². The van der Waals surface area contributed by atoms with Crippen molar-refractivity contribution in [2.75, 3.05) is 50.7 Å². The van der Waals surface area contributed by atoms with E-state index in [0.29, 0.717) is 12.0 Å². The maximum Gasteiger partial charge on any atom is 0.191 e. The molecule has 0 saturated carbocycles. The molecular formula is C20H33N5. The highest BCUT2D eigenvalue weighted by Gasteiger charge is 2.24. The van der Waals surface area contributed by atoms with Gasteiger partial charge < -0.3 is 20.4 Å². The molecule has 5 heteroatoms. The van der Waals surface area contributed by atoms with Gasteiger partial charge in [-0.2, -0.15) is 0 Å². The Bertz CT molecular complexity index is 544. The Hall–Kier alpha value is -1.75. The number of aliphatic imine (C=N–C) groups is 1. The van der Waals surface area contributed by atoms with Crippen molar-refractivity contribution >= 4 is 11.6 Å². The third-order valence-corrected chi connectivity index (χ3v) is 5.32. The molecule has 1 aromatic carbocycles. The van der Waals surface area contributed by atoms with Crippen LogP contribution >= 0.6 is 0 Å². The Balaban J connectivity index is 1.51. The fraction of sp³-hybridized carbons (Fsp3) is 0.650. The molecule has 25 heavy (non-hydrogen) atoms. The number of hydrogen-bond acceptors (Lipinski definition) is 3. The van der Waals surface area contributed by atoms with Crippen LogP contribution in [0.15, 0.2) is 35.3 Å². The Labute approximate surface area is 152 Å². The van der Waals surface area contributed by atoms with Crippen LogP contribution in [0.2, 0.25) is 0 Å². The van der Waals surface area contributed by atoms with E-state index in [1.54, 1.807) is 0 Å². The highest BCUT2D eigenvalue weighted by Crippen LogP contribution is 2.20. The summed E-state index contributed by atoms with van der Waals surface area (Å²) in [6.45, 7) is 12.0. The van der Waals surface area contributed by atoms with Crippen LogP contribution < -0.4 is 15.5 Å². The van der Waals surface area contributed by atoms with Gasteiger partial charge in [0.1, 0.15) is 0 Å². The Morgan fingerprint density at radius 2 is 1.96 bits per heavy atom. The molecule has 5 nitrogen and oxygen atoms in total. The number of nitrogens with one attached hydrogen (secondary N) is 2. The van der Waals surface area contributed by atoms with Gasteiger partial charge in [0.05, 0.1) is 0 Å². The monoisotopic (exact) mass is 343 g/mol. The zero-order valence-corrected chi connectivity index (χ0v) is 15.7. The molecule has 0 amide bonds. The van der Waals surface area contributed by atoms with Gasteiger partial charge in [0.25, 0.3) is 0 Å². The number of rotatable bonds is 6. The van der Waals surface area contributed by atoms with Crippen LogP contribution in [0.4, 0.5) is 5.69 Å². The van der Waals surface area contributed by atoms with Gasteiger partial charge >= 0.3 is 0 Å². The molecule has 3 rings (SSSR count). The zero-order valence-electron chi connectivity index (χ0n) is 15.7. The van der Waals surface area contributed by atoms with Crippen LogP contribution in [0.5, 0.6) is 0 Å².